The molecule has 1 aromatic heterocycles. The summed E-state index contributed by atoms with van der Waals surface area (Å²) in [5.74, 6) is 0.868. The highest BCUT2D eigenvalue weighted by molar-refractivity contribution is 7.12. The van der Waals surface area contributed by atoms with E-state index < -0.39 is 0 Å². The zero-order chi connectivity index (χ0) is 15.2. The monoisotopic (exact) mass is 320 g/mol. The number of ether oxygens (including phenoxy) is 1. The highest BCUT2D eigenvalue weighted by atomic mass is 32.1. The van der Waals surface area contributed by atoms with E-state index in [2.05, 4.69) is 30.1 Å². The lowest BCUT2D eigenvalue weighted by Crippen LogP contribution is -2.55. The van der Waals surface area contributed by atoms with Crippen LogP contribution in [0.25, 0.3) is 0 Å². The summed E-state index contributed by atoms with van der Waals surface area (Å²) in [5.41, 5.74) is 1.56. The van der Waals surface area contributed by atoms with E-state index in [-0.39, 0.29) is 5.60 Å². The van der Waals surface area contributed by atoms with Crippen molar-refractivity contribution in [3.05, 3.63) is 21.4 Å². The van der Waals surface area contributed by atoms with Gasteiger partial charge in [-0.15, -0.1) is 11.3 Å². The van der Waals surface area contributed by atoms with Gasteiger partial charge < -0.3 is 15.0 Å². The number of thiophene rings is 1. The smallest absolute Gasteiger partial charge is 0.0969 e. The molecule has 0 bridgehead atoms. The molecule has 0 saturated carbocycles. The maximum absolute atomic E-state index is 6.42. The lowest BCUT2D eigenvalue weighted by molar-refractivity contribution is -0.113. The van der Waals surface area contributed by atoms with E-state index in [1.807, 2.05) is 11.3 Å². The summed E-state index contributed by atoms with van der Waals surface area (Å²) in [4.78, 5) is 5.83. The van der Waals surface area contributed by atoms with Gasteiger partial charge in [-0.25, -0.2) is 0 Å². The molecule has 3 aliphatic heterocycles. The Balaban J connectivity index is 1.52. The van der Waals surface area contributed by atoms with Crippen molar-refractivity contribution in [2.45, 2.75) is 51.2 Å². The van der Waals surface area contributed by atoms with Crippen LogP contribution in [0.3, 0.4) is 0 Å². The molecule has 1 spiro atoms. The fraction of sp³-hybridized carbons (Fsp3) is 0.778. The molecule has 4 heterocycles. The summed E-state index contributed by atoms with van der Waals surface area (Å²) in [6.45, 7) is 10.4. The van der Waals surface area contributed by atoms with Gasteiger partial charge in [-0.2, -0.15) is 0 Å². The first-order chi connectivity index (χ1) is 10.7. The minimum Gasteiger partial charge on any atom is -0.370 e. The van der Waals surface area contributed by atoms with Gasteiger partial charge in [0.1, 0.15) is 0 Å². The Labute approximate surface area is 138 Å². The van der Waals surface area contributed by atoms with Crippen molar-refractivity contribution in [2.24, 2.45) is 5.92 Å². The van der Waals surface area contributed by atoms with Gasteiger partial charge in [0.25, 0.3) is 0 Å². The van der Waals surface area contributed by atoms with E-state index in [0.717, 1.165) is 25.4 Å². The molecule has 0 aliphatic carbocycles. The van der Waals surface area contributed by atoms with Gasteiger partial charge in [-0.05, 0) is 43.7 Å². The highest BCUT2D eigenvalue weighted by Gasteiger charge is 2.44. The molecule has 1 aromatic rings. The zero-order valence-corrected chi connectivity index (χ0v) is 14.7. The maximum Gasteiger partial charge on any atom is 0.0969 e. The van der Waals surface area contributed by atoms with Gasteiger partial charge >= 0.3 is 0 Å². The van der Waals surface area contributed by atoms with Crippen LogP contribution in [0.5, 0.6) is 0 Å². The molecule has 4 heteroatoms. The van der Waals surface area contributed by atoms with Gasteiger partial charge in [0, 0.05) is 48.4 Å². The van der Waals surface area contributed by atoms with Crippen molar-refractivity contribution >= 4 is 11.3 Å². The van der Waals surface area contributed by atoms with E-state index in [0.29, 0.717) is 6.04 Å². The first-order valence-corrected chi connectivity index (χ1v) is 9.72. The van der Waals surface area contributed by atoms with E-state index in [1.54, 1.807) is 4.88 Å². The van der Waals surface area contributed by atoms with Crippen LogP contribution in [0.4, 0.5) is 0 Å². The van der Waals surface area contributed by atoms with E-state index in [1.165, 1.54) is 49.5 Å². The number of aryl methyl sites for hydroxylation is 1. The predicted octanol–water partition coefficient (Wildman–Crippen LogP) is 2.78. The average molecular weight is 321 g/mol. The molecule has 2 saturated heterocycles. The van der Waals surface area contributed by atoms with E-state index >= 15 is 0 Å². The van der Waals surface area contributed by atoms with Crippen LogP contribution in [-0.4, -0.2) is 43.7 Å². The Bertz CT molecular complexity index is 539. The number of piperidine rings is 1. The normalized spacial score (nSPS) is 32.9. The molecule has 2 atom stereocenters. The van der Waals surface area contributed by atoms with Crippen LogP contribution in [0.15, 0.2) is 6.07 Å². The minimum absolute atomic E-state index is 0.0191. The van der Waals surface area contributed by atoms with Crippen LogP contribution in [-0.2, 0) is 23.2 Å². The molecule has 4 rings (SSSR count). The summed E-state index contributed by atoms with van der Waals surface area (Å²) in [6.07, 6.45) is 4.61. The third kappa shape index (κ3) is 2.54. The fourth-order valence-corrected chi connectivity index (χ4v) is 5.53. The van der Waals surface area contributed by atoms with Gasteiger partial charge in [0.2, 0.25) is 0 Å². The van der Waals surface area contributed by atoms with Gasteiger partial charge in [-0.1, -0.05) is 6.92 Å². The largest absolute Gasteiger partial charge is 0.370 e. The van der Waals surface area contributed by atoms with Crippen LogP contribution in [0.2, 0.25) is 0 Å². The van der Waals surface area contributed by atoms with Crippen LogP contribution < -0.4 is 5.32 Å². The number of nitrogens with one attached hydrogen (secondary N) is 1. The summed E-state index contributed by atoms with van der Waals surface area (Å²) < 4.78 is 6.42. The van der Waals surface area contributed by atoms with Crippen molar-refractivity contribution in [3.8, 4) is 0 Å². The molecule has 22 heavy (non-hydrogen) atoms. The van der Waals surface area contributed by atoms with Crippen molar-refractivity contribution < 1.29 is 4.74 Å². The Kier molecular flexibility index (Phi) is 4.05. The third-order valence-electron chi connectivity index (χ3n) is 5.82. The lowest BCUT2D eigenvalue weighted by atomic mass is 9.79. The summed E-state index contributed by atoms with van der Waals surface area (Å²) in [7, 11) is 0. The summed E-state index contributed by atoms with van der Waals surface area (Å²) in [6, 6.07) is 3.09. The summed E-state index contributed by atoms with van der Waals surface area (Å²) >= 11 is 2.03. The number of nitrogens with zero attached hydrogens (tertiary/aromatic N) is 1. The van der Waals surface area contributed by atoms with Crippen LogP contribution in [0.1, 0.15) is 42.0 Å². The van der Waals surface area contributed by atoms with Crippen molar-refractivity contribution in [1.29, 1.82) is 0 Å². The minimum atomic E-state index is 0.0191. The quantitative estimate of drug-likeness (QED) is 0.927. The molecule has 1 N–H and O–H groups in total. The molecule has 2 fully saturated rings. The van der Waals surface area contributed by atoms with Gasteiger partial charge in [0.05, 0.1) is 12.2 Å². The Morgan fingerprint density at radius 1 is 1.45 bits per heavy atom. The Morgan fingerprint density at radius 2 is 2.32 bits per heavy atom. The number of fused-ring (bicyclic) bond motifs is 2. The standard InChI is InChI=1S/C18H28N2OS/c1-3-15-8-16-17(22-15)4-7-21-18(16)5-6-20(13(2)9-18)12-14-10-19-11-14/h8,13-14,19H,3-7,9-12H2,1-2H3/t13-,18+/m0/s1. The first kappa shape index (κ1) is 15.1. The second kappa shape index (κ2) is 5.90. The van der Waals surface area contributed by atoms with Crippen LogP contribution in [0, 0.1) is 5.92 Å². The predicted molar refractivity (Wildman–Crippen MR) is 91.7 cm³/mol. The first-order valence-electron chi connectivity index (χ1n) is 8.91. The van der Waals surface area contributed by atoms with E-state index in [9.17, 15) is 0 Å². The molecule has 0 amide bonds. The zero-order valence-electron chi connectivity index (χ0n) is 13.9. The van der Waals surface area contributed by atoms with Gasteiger partial charge in [-0.3, -0.25) is 0 Å². The maximum atomic E-state index is 6.42. The fourth-order valence-electron chi connectivity index (χ4n) is 4.36. The third-order valence-corrected chi connectivity index (χ3v) is 7.16. The molecule has 3 nitrogen and oxygen atoms in total. The van der Waals surface area contributed by atoms with Crippen LogP contribution >= 0.6 is 11.3 Å². The molecular formula is C18H28N2OS. The Morgan fingerprint density at radius 3 is 3.00 bits per heavy atom. The van der Waals surface area contributed by atoms with Crippen molar-refractivity contribution in [3.63, 3.8) is 0 Å². The van der Waals surface area contributed by atoms with Crippen molar-refractivity contribution in [2.75, 3.05) is 32.8 Å². The summed E-state index contributed by atoms with van der Waals surface area (Å²) in [5, 5.41) is 3.39. The number of hydrogen-bond donors (Lipinski definition) is 1. The molecule has 0 aromatic carbocycles. The average Bonchev–Trinajstić information content (AvgIpc) is 2.90. The Hall–Kier alpha value is -0.420. The molecule has 122 valence electrons. The number of likely N-dealkylation sites (tertiary alicyclic amines) is 1. The second-order valence-corrected chi connectivity index (χ2v) is 8.54. The molecule has 0 unspecified atom stereocenters. The molecule has 0 radical (unpaired) electrons. The second-order valence-electron chi connectivity index (χ2n) is 7.32. The lowest BCUT2D eigenvalue weighted by Gasteiger charge is -2.48. The van der Waals surface area contributed by atoms with Gasteiger partial charge in [0.15, 0.2) is 0 Å². The highest BCUT2D eigenvalue weighted by Crippen LogP contribution is 2.46. The number of hydrogen-bond acceptors (Lipinski definition) is 4. The molecule has 3 aliphatic rings. The number of rotatable bonds is 3. The van der Waals surface area contributed by atoms with Crippen molar-refractivity contribution in [1.82, 2.24) is 10.2 Å². The van der Waals surface area contributed by atoms with E-state index in [4.69, 9.17) is 4.74 Å². The topological polar surface area (TPSA) is 24.5 Å². The molecular weight excluding hydrogens is 292 g/mol. The SMILES string of the molecule is CCc1cc2c(s1)CCO[C@@]21CCN(CC2CNC2)[C@@H](C)C1.